The van der Waals surface area contributed by atoms with Crippen LogP contribution in [-0.4, -0.2) is 24.8 Å². The molecule has 0 bridgehead atoms. The fourth-order valence-corrected chi connectivity index (χ4v) is 3.41. The fourth-order valence-electron chi connectivity index (χ4n) is 2.60. The van der Waals surface area contributed by atoms with Crippen LogP contribution in [0, 0.1) is 0 Å². The first kappa shape index (κ1) is 16.0. The normalized spacial score (nSPS) is 16.2. The van der Waals surface area contributed by atoms with Crippen molar-refractivity contribution in [2.75, 3.05) is 18.6 Å². The molecule has 116 valence electrons. The molecule has 0 heterocycles. The van der Waals surface area contributed by atoms with Crippen LogP contribution in [0.15, 0.2) is 23.1 Å². The van der Waals surface area contributed by atoms with E-state index in [1.807, 2.05) is 18.2 Å². The molecule has 21 heavy (non-hydrogen) atoms. The standard InChI is InChI=1S/C16H24N2O2S/c1-20-13-8-9-14(17)15(10-13)21-11-16(19)18-12-6-4-2-3-5-7-12/h8-10,12H,2-7,11,17H2,1H3,(H,18,19). The van der Waals surface area contributed by atoms with Crippen LogP contribution < -0.4 is 15.8 Å². The molecule has 0 spiro atoms. The molecule has 1 aromatic carbocycles. The number of methoxy groups -OCH3 is 1. The van der Waals surface area contributed by atoms with Gasteiger partial charge in [-0.2, -0.15) is 0 Å². The average molecular weight is 308 g/mol. The number of ether oxygens (including phenoxy) is 1. The van der Waals surface area contributed by atoms with Gasteiger partial charge in [-0.1, -0.05) is 25.7 Å². The first-order valence-corrected chi connectivity index (χ1v) is 8.53. The number of thioether (sulfide) groups is 1. The van der Waals surface area contributed by atoms with E-state index < -0.39 is 0 Å². The quantitative estimate of drug-likeness (QED) is 0.498. The van der Waals surface area contributed by atoms with Gasteiger partial charge in [-0.25, -0.2) is 0 Å². The third-order valence-corrected chi connectivity index (χ3v) is 4.87. The molecule has 1 aromatic rings. The van der Waals surface area contributed by atoms with Crippen molar-refractivity contribution in [3.05, 3.63) is 18.2 Å². The van der Waals surface area contributed by atoms with Crippen molar-refractivity contribution < 1.29 is 9.53 Å². The third kappa shape index (κ3) is 5.16. The van der Waals surface area contributed by atoms with E-state index in [0.717, 1.165) is 23.5 Å². The molecule has 3 N–H and O–H groups in total. The lowest BCUT2D eigenvalue weighted by molar-refractivity contribution is -0.119. The lowest BCUT2D eigenvalue weighted by Crippen LogP contribution is -2.35. The SMILES string of the molecule is COc1ccc(N)c(SCC(=O)NC2CCCCCC2)c1. The summed E-state index contributed by atoms with van der Waals surface area (Å²) in [6.45, 7) is 0. The largest absolute Gasteiger partial charge is 0.497 e. The molecule has 0 aliphatic heterocycles. The number of nitrogens with two attached hydrogens (primary N) is 1. The number of nitrogen functional groups attached to an aromatic ring is 1. The van der Waals surface area contributed by atoms with Crippen LogP contribution in [-0.2, 0) is 4.79 Å². The second kappa shape index (κ2) is 8.17. The molecule has 0 aromatic heterocycles. The number of hydrogen-bond donors (Lipinski definition) is 2. The van der Waals surface area contributed by atoms with Gasteiger partial charge in [-0.15, -0.1) is 11.8 Å². The smallest absolute Gasteiger partial charge is 0.230 e. The molecular formula is C16H24N2O2S. The summed E-state index contributed by atoms with van der Waals surface area (Å²) in [5, 5.41) is 3.15. The number of rotatable bonds is 5. The van der Waals surface area contributed by atoms with Gasteiger partial charge in [0.2, 0.25) is 5.91 Å². The average Bonchev–Trinajstić information content (AvgIpc) is 2.75. The van der Waals surface area contributed by atoms with Crippen molar-refractivity contribution >= 4 is 23.4 Å². The van der Waals surface area contributed by atoms with Gasteiger partial charge < -0.3 is 15.8 Å². The fraction of sp³-hybridized carbons (Fsp3) is 0.562. The van der Waals surface area contributed by atoms with Crippen LogP contribution in [0.25, 0.3) is 0 Å². The summed E-state index contributed by atoms with van der Waals surface area (Å²) >= 11 is 1.46. The molecule has 0 radical (unpaired) electrons. The lowest BCUT2D eigenvalue weighted by atomic mass is 10.1. The van der Waals surface area contributed by atoms with Crippen molar-refractivity contribution in [2.24, 2.45) is 0 Å². The summed E-state index contributed by atoms with van der Waals surface area (Å²) in [6.07, 6.45) is 7.25. The molecule has 5 heteroatoms. The minimum atomic E-state index is 0.0918. The maximum absolute atomic E-state index is 12.1. The maximum Gasteiger partial charge on any atom is 0.230 e. The number of benzene rings is 1. The topological polar surface area (TPSA) is 64.3 Å². The molecule has 1 amide bonds. The van der Waals surface area contributed by atoms with Crippen LogP contribution in [0.3, 0.4) is 0 Å². The van der Waals surface area contributed by atoms with E-state index in [4.69, 9.17) is 10.5 Å². The summed E-state index contributed by atoms with van der Waals surface area (Å²) in [5.41, 5.74) is 6.61. The van der Waals surface area contributed by atoms with Crippen molar-refractivity contribution in [2.45, 2.75) is 49.5 Å². The van der Waals surface area contributed by atoms with Crippen LogP contribution in [0.1, 0.15) is 38.5 Å². The zero-order valence-corrected chi connectivity index (χ0v) is 13.4. The number of hydrogen-bond acceptors (Lipinski definition) is 4. The predicted octanol–water partition coefficient (Wildman–Crippen LogP) is 3.21. The molecule has 0 atom stereocenters. The Morgan fingerprint density at radius 1 is 1.33 bits per heavy atom. The summed E-state index contributed by atoms with van der Waals surface area (Å²) < 4.78 is 5.18. The molecule has 1 aliphatic carbocycles. The van der Waals surface area contributed by atoms with Crippen molar-refractivity contribution in [1.29, 1.82) is 0 Å². The zero-order chi connectivity index (χ0) is 15.1. The van der Waals surface area contributed by atoms with E-state index in [2.05, 4.69) is 5.32 Å². The Hall–Kier alpha value is -1.36. The summed E-state index contributed by atoms with van der Waals surface area (Å²) in [4.78, 5) is 13.0. The van der Waals surface area contributed by atoms with Crippen molar-refractivity contribution in [3.8, 4) is 5.75 Å². The van der Waals surface area contributed by atoms with Crippen molar-refractivity contribution in [3.63, 3.8) is 0 Å². The van der Waals surface area contributed by atoms with E-state index in [1.165, 1.54) is 37.4 Å². The molecule has 0 saturated heterocycles. The number of carbonyl (C=O) groups excluding carboxylic acids is 1. The molecule has 4 nitrogen and oxygen atoms in total. The number of carbonyl (C=O) groups is 1. The lowest BCUT2D eigenvalue weighted by Gasteiger charge is -2.16. The Kier molecular flexibility index (Phi) is 6.23. The second-order valence-electron chi connectivity index (χ2n) is 5.45. The molecule has 1 aliphatic rings. The Bertz CT molecular complexity index is 471. The van der Waals surface area contributed by atoms with Crippen LogP contribution >= 0.6 is 11.8 Å². The highest BCUT2D eigenvalue weighted by molar-refractivity contribution is 8.00. The summed E-state index contributed by atoms with van der Waals surface area (Å²) in [6, 6.07) is 5.86. The number of nitrogens with one attached hydrogen (secondary N) is 1. The number of amides is 1. The van der Waals surface area contributed by atoms with E-state index >= 15 is 0 Å². The Balaban J connectivity index is 1.83. The van der Waals surface area contributed by atoms with Crippen molar-refractivity contribution in [1.82, 2.24) is 5.32 Å². The molecule has 1 fully saturated rings. The van der Waals surface area contributed by atoms with Gasteiger partial charge in [0.25, 0.3) is 0 Å². The van der Waals surface area contributed by atoms with Gasteiger partial charge in [0.05, 0.1) is 12.9 Å². The summed E-state index contributed by atoms with van der Waals surface area (Å²) in [7, 11) is 1.62. The first-order chi connectivity index (χ1) is 10.2. The van der Waals surface area contributed by atoms with Crippen LogP contribution in [0.5, 0.6) is 5.75 Å². The van der Waals surface area contributed by atoms with E-state index in [1.54, 1.807) is 7.11 Å². The Morgan fingerprint density at radius 3 is 2.71 bits per heavy atom. The molecule has 1 saturated carbocycles. The van der Waals surface area contributed by atoms with Gasteiger partial charge in [-0.3, -0.25) is 4.79 Å². The van der Waals surface area contributed by atoms with E-state index in [9.17, 15) is 4.79 Å². The third-order valence-electron chi connectivity index (χ3n) is 3.80. The van der Waals surface area contributed by atoms with Gasteiger partial charge in [0, 0.05) is 16.6 Å². The second-order valence-corrected chi connectivity index (χ2v) is 6.47. The monoisotopic (exact) mass is 308 g/mol. The Labute approximate surface area is 130 Å². The van der Waals surface area contributed by atoms with E-state index in [0.29, 0.717) is 17.5 Å². The van der Waals surface area contributed by atoms with Crippen LogP contribution in [0.4, 0.5) is 5.69 Å². The number of anilines is 1. The highest BCUT2D eigenvalue weighted by Crippen LogP contribution is 2.29. The minimum absolute atomic E-state index is 0.0918. The van der Waals surface area contributed by atoms with E-state index in [-0.39, 0.29) is 5.91 Å². The van der Waals surface area contributed by atoms with Gasteiger partial charge in [0.15, 0.2) is 0 Å². The zero-order valence-electron chi connectivity index (χ0n) is 12.6. The van der Waals surface area contributed by atoms with Gasteiger partial charge >= 0.3 is 0 Å². The predicted molar refractivity (Wildman–Crippen MR) is 87.8 cm³/mol. The first-order valence-electron chi connectivity index (χ1n) is 7.54. The molecular weight excluding hydrogens is 284 g/mol. The van der Waals surface area contributed by atoms with Gasteiger partial charge in [0.1, 0.15) is 5.75 Å². The maximum atomic E-state index is 12.1. The molecule has 2 rings (SSSR count). The highest BCUT2D eigenvalue weighted by Gasteiger charge is 2.15. The van der Waals surface area contributed by atoms with Gasteiger partial charge in [-0.05, 0) is 31.0 Å². The highest BCUT2D eigenvalue weighted by atomic mass is 32.2. The Morgan fingerprint density at radius 2 is 2.05 bits per heavy atom. The molecule has 0 unspecified atom stereocenters. The van der Waals surface area contributed by atoms with Crippen LogP contribution in [0.2, 0.25) is 0 Å². The summed E-state index contributed by atoms with van der Waals surface area (Å²) in [5.74, 6) is 1.25. The minimum Gasteiger partial charge on any atom is -0.497 e.